The lowest BCUT2D eigenvalue weighted by atomic mass is 9.63. The zero-order valence-electron chi connectivity index (χ0n) is 21.1. The number of aromatic hydroxyl groups is 1. The van der Waals surface area contributed by atoms with E-state index in [0.717, 1.165) is 45.0 Å². The fraction of sp³-hybridized carbons (Fsp3) is 0.281. The zero-order chi connectivity index (χ0) is 25.1. The van der Waals surface area contributed by atoms with Gasteiger partial charge in [-0.25, -0.2) is 4.79 Å². The summed E-state index contributed by atoms with van der Waals surface area (Å²) >= 11 is 0. The minimum Gasteiger partial charge on any atom is -0.507 e. The van der Waals surface area contributed by atoms with E-state index in [-0.39, 0.29) is 22.1 Å². The van der Waals surface area contributed by atoms with E-state index >= 15 is 0 Å². The van der Waals surface area contributed by atoms with E-state index in [2.05, 4.69) is 58.9 Å². The van der Waals surface area contributed by atoms with Crippen LogP contribution >= 0.6 is 0 Å². The number of aryl methyl sites for hydroxylation is 1. The van der Waals surface area contributed by atoms with Gasteiger partial charge in [-0.3, -0.25) is 0 Å². The maximum Gasteiger partial charge on any atom is 0.335 e. The molecule has 0 radical (unpaired) electrons. The highest BCUT2D eigenvalue weighted by molar-refractivity contribution is 5.98. The maximum absolute atomic E-state index is 11.4. The molecule has 0 saturated carbocycles. The molecule has 0 saturated heterocycles. The van der Waals surface area contributed by atoms with E-state index in [9.17, 15) is 15.0 Å². The summed E-state index contributed by atoms with van der Waals surface area (Å²) in [4.78, 5) is 11.4. The van der Waals surface area contributed by atoms with Crippen LogP contribution < -0.4 is 0 Å². The van der Waals surface area contributed by atoms with Gasteiger partial charge in [0.05, 0.1) is 5.56 Å². The number of aromatic carboxylic acids is 1. The van der Waals surface area contributed by atoms with Crippen molar-refractivity contribution in [1.29, 1.82) is 0 Å². The van der Waals surface area contributed by atoms with Crippen LogP contribution in [0.2, 0.25) is 0 Å². The minimum atomic E-state index is -0.923. The van der Waals surface area contributed by atoms with E-state index in [0.29, 0.717) is 0 Å². The van der Waals surface area contributed by atoms with Gasteiger partial charge in [-0.15, -0.1) is 0 Å². The zero-order valence-corrected chi connectivity index (χ0v) is 21.1. The summed E-state index contributed by atoms with van der Waals surface area (Å²) < 4.78 is 0. The Hall–Kier alpha value is -3.59. The molecule has 0 unspecified atom stereocenters. The highest BCUT2D eigenvalue weighted by Gasteiger charge is 2.37. The van der Waals surface area contributed by atoms with E-state index in [4.69, 9.17) is 0 Å². The van der Waals surface area contributed by atoms with Crippen LogP contribution in [-0.4, -0.2) is 16.2 Å². The average Bonchev–Trinajstić information content (AvgIpc) is 2.82. The van der Waals surface area contributed by atoms with Gasteiger partial charge in [0.15, 0.2) is 0 Å². The fourth-order valence-corrected chi connectivity index (χ4v) is 5.62. The monoisotopic (exact) mass is 464 g/mol. The van der Waals surface area contributed by atoms with Crippen molar-refractivity contribution in [2.45, 2.75) is 58.3 Å². The van der Waals surface area contributed by atoms with Crippen LogP contribution in [0.1, 0.15) is 67.6 Å². The van der Waals surface area contributed by atoms with Crippen molar-refractivity contribution < 1.29 is 15.0 Å². The third kappa shape index (κ3) is 3.89. The van der Waals surface area contributed by atoms with Crippen LogP contribution in [-0.2, 0) is 10.8 Å². The van der Waals surface area contributed by atoms with Crippen molar-refractivity contribution in [3.05, 3.63) is 89.0 Å². The fourth-order valence-electron chi connectivity index (χ4n) is 5.62. The quantitative estimate of drug-likeness (QED) is 0.321. The third-order valence-corrected chi connectivity index (χ3v) is 8.01. The number of hydrogen-bond donors (Lipinski definition) is 2. The number of rotatable bonds is 3. The molecule has 0 aromatic heterocycles. The number of phenolic OH excluding ortho intramolecular Hbond substituents is 1. The van der Waals surface area contributed by atoms with Gasteiger partial charge in [0.2, 0.25) is 0 Å². The van der Waals surface area contributed by atoms with Gasteiger partial charge in [-0.1, -0.05) is 70.2 Å². The smallest absolute Gasteiger partial charge is 0.335 e. The highest BCUT2D eigenvalue weighted by atomic mass is 16.4. The first-order valence-corrected chi connectivity index (χ1v) is 12.2. The Labute approximate surface area is 207 Å². The number of fused-ring (bicyclic) bond motifs is 2. The number of carbonyl (C=O) groups is 1. The van der Waals surface area contributed by atoms with E-state index in [1.165, 1.54) is 17.5 Å². The summed E-state index contributed by atoms with van der Waals surface area (Å²) in [6, 6.07) is 21.7. The van der Waals surface area contributed by atoms with Gasteiger partial charge < -0.3 is 10.2 Å². The first-order chi connectivity index (χ1) is 16.5. The number of carboxylic acids is 1. The molecule has 0 bridgehead atoms. The molecular weight excluding hydrogens is 432 g/mol. The number of hydrogen-bond acceptors (Lipinski definition) is 2. The first kappa shape index (κ1) is 23.2. The Bertz CT molecular complexity index is 1490. The second kappa shape index (κ2) is 7.98. The van der Waals surface area contributed by atoms with Crippen molar-refractivity contribution in [2.24, 2.45) is 0 Å². The highest BCUT2D eigenvalue weighted by Crippen LogP contribution is 2.47. The van der Waals surface area contributed by atoms with Gasteiger partial charge >= 0.3 is 5.97 Å². The molecule has 2 N–H and O–H groups in total. The van der Waals surface area contributed by atoms with Crippen molar-refractivity contribution in [3.8, 4) is 28.0 Å². The molecule has 0 aliphatic heterocycles. The van der Waals surface area contributed by atoms with E-state index < -0.39 is 5.97 Å². The van der Waals surface area contributed by atoms with Crippen LogP contribution in [0, 0.1) is 6.92 Å². The summed E-state index contributed by atoms with van der Waals surface area (Å²) in [6.45, 7) is 11.3. The Kier molecular flexibility index (Phi) is 5.28. The normalized spacial score (nSPS) is 16.1. The molecule has 0 amide bonds. The topological polar surface area (TPSA) is 57.5 Å². The Morgan fingerprint density at radius 3 is 2.11 bits per heavy atom. The van der Waals surface area contributed by atoms with Crippen LogP contribution in [0.3, 0.4) is 0 Å². The molecule has 1 aliphatic rings. The summed E-state index contributed by atoms with van der Waals surface area (Å²) in [5, 5.41) is 22.1. The van der Waals surface area contributed by atoms with Crippen molar-refractivity contribution in [3.63, 3.8) is 0 Å². The van der Waals surface area contributed by atoms with Crippen LogP contribution in [0.4, 0.5) is 0 Å². The standard InChI is InChI=1S/C32H32O3/c1-19-24-11-7-23(30(34)35)16-20(24)6-10-25(19)21-9-13-29(33)26(17-21)22-8-12-27-28(18-22)32(4,5)15-14-31(27,2)3/h6-13,16-18,33H,14-15H2,1-5H3,(H,34,35). The summed E-state index contributed by atoms with van der Waals surface area (Å²) in [5.74, 6) is -0.653. The second-order valence-electron chi connectivity index (χ2n) is 11.2. The largest absolute Gasteiger partial charge is 0.507 e. The molecule has 0 spiro atoms. The van der Waals surface area contributed by atoms with Crippen LogP contribution in [0.15, 0.2) is 66.7 Å². The number of carboxylic acid groups (broad SMARTS) is 1. The van der Waals surface area contributed by atoms with Gasteiger partial charge in [0.25, 0.3) is 0 Å². The Balaban J connectivity index is 1.63. The number of phenols is 1. The SMILES string of the molecule is Cc1c(-c2ccc(O)c(-c3ccc4c(c3)C(C)(C)CCC4(C)C)c2)ccc2cc(C(=O)O)ccc12. The van der Waals surface area contributed by atoms with Crippen LogP contribution in [0.5, 0.6) is 5.75 Å². The summed E-state index contributed by atoms with van der Waals surface area (Å²) in [7, 11) is 0. The lowest BCUT2D eigenvalue weighted by Crippen LogP contribution is -2.33. The summed E-state index contributed by atoms with van der Waals surface area (Å²) in [6.07, 6.45) is 2.31. The molecule has 35 heavy (non-hydrogen) atoms. The van der Waals surface area contributed by atoms with Gasteiger partial charge in [0, 0.05) is 5.56 Å². The van der Waals surface area contributed by atoms with E-state index in [1.54, 1.807) is 18.2 Å². The lowest BCUT2D eigenvalue weighted by molar-refractivity contribution is 0.0697. The lowest BCUT2D eigenvalue weighted by Gasteiger charge is -2.42. The van der Waals surface area contributed by atoms with Gasteiger partial charge in [-0.05, 0) is 99.0 Å². The van der Waals surface area contributed by atoms with Gasteiger partial charge in [0.1, 0.15) is 5.75 Å². The first-order valence-electron chi connectivity index (χ1n) is 12.2. The maximum atomic E-state index is 11.4. The van der Waals surface area contributed by atoms with Gasteiger partial charge in [-0.2, -0.15) is 0 Å². The molecule has 3 heteroatoms. The Morgan fingerprint density at radius 1 is 0.743 bits per heavy atom. The minimum absolute atomic E-state index is 0.0951. The molecular formula is C32H32O3. The van der Waals surface area contributed by atoms with Crippen molar-refractivity contribution in [2.75, 3.05) is 0 Å². The number of benzene rings is 4. The van der Waals surface area contributed by atoms with Crippen LogP contribution in [0.25, 0.3) is 33.0 Å². The molecule has 1 aliphatic carbocycles. The second-order valence-corrected chi connectivity index (χ2v) is 11.2. The predicted molar refractivity (Wildman–Crippen MR) is 143 cm³/mol. The molecule has 3 nitrogen and oxygen atoms in total. The molecule has 178 valence electrons. The van der Waals surface area contributed by atoms with Crippen molar-refractivity contribution in [1.82, 2.24) is 0 Å². The Morgan fingerprint density at radius 2 is 1.40 bits per heavy atom. The molecule has 0 atom stereocenters. The molecule has 0 heterocycles. The molecule has 4 aromatic rings. The molecule has 4 aromatic carbocycles. The molecule has 5 rings (SSSR count). The third-order valence-electron chi connectivity index (χ3n) is 8.01. The molecule has 0 fully saturated rings. The van der Waals surface area contributed by atoms with E-state index in [1.807, 2.05) is 24.3 Å². The predicted octanol–water partition coefficient (Wildman–Crippen LogP) is 8.24. The summed E-state index contributed by atoms with van der Waals surface area (Å²) in [5.41, 5.74) is 8.33. The van der Waals surface area contributed by atoms with Crippen molar-refractivity contribution >= 4 is 16.7 Å². The average molecular weight is 465 g/mol.